The second-order valence-corrected chi connectivity index (χ2v) is 6.47. The molecule has 1 saturated heterocycles. The monoisotopic (exact) mass is 327 g/mol. The van der Waals surface area contributed by atoms with E-state index in [2.05, 4.69) is 16.5 Å². The van der Waals surface area contributed by atoms with Crippen molar-refractivity contribution in [1.82, 2.24) is 14.5 Å². The molecule has 1 N–H and O–H groups in total. The van der Waals surface area contributed by atoms with Gasteiger partial charge < -0.3 is 14.6 Å². The van der Waals surface area contributed by atoms with Crippen LogP contribution in [0.3, 0.4) is 0 Å². The highest BCUT2D eigenvalue weighted by Crippen LogP contribution is 2.27. The summed E-state index contributed by atoms with van der Waals surface area (Å²) in [7, 11) is 0. The van der Waals surface area contributed by atoms with Crippen LogP contribution in [0, 0.1) is 0 Å². The number of rotatable bonds is 5. The molecule has 1 aromatic heterocycles. The van der Waals surface area contributed by atoms with Crippen LogP contribution in [0.25, 0.3) is 0 Å². The summed E-state index contributed by atoms with van der Waals surface area (Å²) in [5, 5.41) is 9.60. The lowest BCUT2D eigenvalue weighted by Gasteiger charge is -2.32. The lowest BCUT2D eigenvalue weighted by molar-refractivity contribution is 0.0703. The van der Waals surface area contributed by atoms with Gasteiger partial charge in [-0.1, -0.05) is 19.4 Å². The van der Waals surface area contributed by atoms with Crippen LogP contribution < -0.4 is 0 Å². The van der Waals surface area contributed by atoms with Crippen molar-refractivity contribution in [2.45, 2.75) is 45.1 Å². The number of aromatic nitrogens is 2. The summed E-state index contributed by atoms with van der Waals surface area (Å²) in [4.78, 5) is 19.2. The smallest absolute Gasteiger partial charge is 0.254 e. The number of piperidine rings is 1. The maximum Gasteiger partial charge on any atom is 0.254 e. The van der Waals surface area contributed by atoms with Crippen LogP contribution in [0.1, 0.15) is 54.7 Å². The molecule has 24 heavy (non-hydrogen) atoms. The Morgan fingerprint density at radius 2 is 2.29 bits per heavy atom. The number of benzene rings is 1. The number of aromatic hydroxyl groups is 1. The van der Waals surface area contributed by atoms with Crippen LogP contribution in [-0.2, 0) is 6.54 Å². The minimum absolute atomic E-state index is 0.0118. The van der Waals surface area contributed by atoms with Crippen LogP contribution in [0.2, 0.25) is 0 Å². The fourth-order valence-electron chi connectivity index (χ4n) is 3.39. The maximum atomic E-state index is 12.7. The number of hydrogen-bond donors (Lipinski definition) is 1. The van der Waals surface area contributed by atoms with E-state index in [0.29, 0.717) is 12.1 Å². The zero-order valence-corrected chi connectivity index (χ0v) is 14.2. The summed E-state index contributed by atoms with van der Waals surface area (Å²) in [5.41, 5.74) is 0.546. The van der Waals surface area contributed by atoms with Gasteiger partial charge in [0.15, 0.2) is 0 Å². The van der Waals surface area contributed by atoms with Gasteiger partial charge >= 0.3 is 0 Å². The van der Waals surface area contributed by atoms with Crippen molar-refractivity contribution in [1.29, 1.82) is 0 Å². The first-order chi connectivity index (χ1) is 11.7. The van der Waals surface area contributed by atoms with Gasteiger partial charge in [0.1, 0.15) is 11.6 Å². The second-order valence-electron chi connectivity index (χ2n) is 6.47. The molecule has 128 valence electrons. The quantitative estimate of drug-likeness (QED) is 0.915. The van der Waals surface area contributed by atoms with Gasteiger partial charge in [0, 0.05) is 43.5 Å². The Labute approximate surface area is 142 Å². The largest absolute Gasteiger partial charge is 0.508 e. The number of unbranched alkanes of at least 4 members (excludes halogenated alkanes) is 1. The minimum Gasteiger partial charge on any atom is -0.508 e. The molecule has 1 aliphatic rings. The molecule has 0 radical (unpaired) electrons. The first kappa shape index (κ1) is 16.6. The molecule has 0 unspecified atom stereocenters. The third kappa shape index (κ3) is 3.61. The van der Waals surface area contributed by atoms with Gasteiger partial charge in [-0.3, -0.25) is 4.79 Å². The topological polar surface area (TPSA) is 58.4 Å². The Morgan fingerprint density at radius 1 is 1.42 bits per heavy atom. The molecular weight excluding hydrogens is 302 g/mol. The Kier molecular flexibility index (Phi) is 5.18. The van der Waals surface area contributed by atoms with Crippen molar-refractivity contribution >= 4 is 5.91 Å². The Morgan fingerprint density at radius 3 is 3.08 bits per heavy atom. The van der Waals surface area contributed by atoms with Crippen molar-refractivity contribution in [2.24, 2.45) is 0 Å². The maximum absolute atomic E-state index is 12.7. The number of carbonyl (C=O) groups excluding carboxylic acids is 1. The minimum atomic E-state index is -0.0118. The molecule has 1 aliphatic heterocycles. The average Bonchev–Trinajstić information content (AvgIpc) is 3.08. The van der Waals surface area contributed by atoms with Crippen LogP contribution >= 0.6 is 0 Å². The van der Waals surface area contributed by atoms with E-state index in [-0.39, 0.29) is 17.6 Å². The van der Waals surface area contributed by atoms with E-state index in [1.165, 1.54) is 6.07 Å². The Balaban J connectivity index is 1.73. The summed E-state index contributed by atoms with van der Waals surface area (Å²) in [6.45, 7) is 4.63. The van der Waals surface area contributed by atoms with E-state index in [0.717, 1.165) is 44.6 Å². The number of aryl methyl sites for hydroxylation is 1. The average molecular weight is 327 g/mol. The molecule has 5 nitrogen and oxygen atoms in total. The normalized spacial score (nSPS) is 17.9. The summed E-state index contributed by atoms with van der Waals surface area (Å²) in [6.07, 6.45) is 8.25. The molecule has 1 atom stereocenters. The molecule has 5 heteroatoms. The van der Waals surface area contributed by atoms with Gasteiger partial charge in [-0.15, -0.1) is 0 Å². The molecule has 3 rings (SSSR count). The number of amides is 1. The lowest BCUT2D eigenvalue weighted by Crippen LogP contribution is -2.39. The van der Waals surface area contributed by atoms with Crippen molar-refractivity contribution in [3.05, 3.63) is 48.0 Å². The van der Waals surface area contributed by atoms with Gasteiger partial charge in [-0.25, -0.2) is 4.98 Å². The first-order valence-corrected chi connectivity index (χ1v) is 8.78. The van der Waals surface area contributed by atoms with Crippen molar-refractivity contribution in [3.8, 4) is 5.75 Å². The van der Waals surface area contributed by atoms with E-state index in [1.54, 1.807) is 18.2 Å². The molecule has 2 heterocycles. The first-order valence-electron chi connectivity index (χ1n) is 8.78. The van der Waals surface area contributed by atoms with E-state index in [4.69, 9.17) is 0 Å². The Bertz CT molecular complexity index is 695. The molecule has 0 spiro atoms. The third-order valence-corrected chi connectivity index (χ3v) is 4.67. The summed E-state index contributed by atoms with van der Waals surface area (Å²) in [5.74, 6) is 1.50. The highest BCUT2D eigenvalue weighted by Gasteiger charge is 2.28. The van der Waals surface area contributed by atoms with E-state index >= 15 is 0 Å². The molecule has 1 aromatic carbocycles. The highest BCUT2D eigenvalue weighted by atomic mass is 16.3. The van der Waals surface area contributed by atoms with Gasteiger partial charge in [0.25, 0.3) is 5.91 Å². The molecule has 1 amide bonds. The van der Waals surface area contributed by atoms with E-state index < -0.39 is 0 Å². The van der Waals surface area contributed by atoms with Crippen LogP contribution in [0.5, 0.6) is 5.75 Å². The van der Waals surface area contributed by atoms with Crippen LogP contribution in [0.15, 0.2) is 36.7 Å². The van der Waals surface area contributed by atoms with Crippen LogP contribution in [0.4, 0.5) is 0 Å². The molecule has 1 fully saturated rings. The van der Waals surface area contributed by atoms with E-state index in [1.807, 2.05) is 17.3 Å². The number of carbonyl (C=O) groups is 1. The van der Waals surface area contributed by atoms with Gasteiger partial charge in [-0.2, -0.15) is 0 Å². The molecule has 0 saturated carbocycles. The number of phenols is 1. The van der Waals surface area contributed by atoms with Gasteiger partial charge in [0.2, 0.25) is 0 Å². The van der Waals surface area contributed by atoms with Crippen LogP contribution in [-0.4, -0.2) is 38.6 Å². The fraction of sp³-hybridized carbons (Fsp3) is 0.474. The number of imidazole rings is 1. The third-order valence-electron chi connectivity index (χ3n) is 4.67. The molecule has 0 bridgehead atoms. The summed E-state index contributed by atoms with van der Waals surface area (Å²) in [6, 6.07) is 6.59. The number of nitrogens with zero attached hydrogens (tertiary/aromatic N) is 3. The Hall–Kier alpha value is -2.30. The zero-order valence-electron chi connectivity index (χ0n) is 14.2. The number of hydrogen-bond acceptors (Lipinski definition) is 3. The van der Waals surface area contributed by atoms with Gasteiger partial charge in [-0.05, 0) is 37.5 Å². The predicted octanol–water partition coefficient (Wildman–Crippen LogP) is 3.41. The number of likely N-dealkylation sites (tertiary alicyclic amines) is 1. The van der Waals surface area contributed by atoms with Crippen molar-refractivity contribution < 1.29 is 9.90 Å². The standard InChI is InChI=1S/C19H25N3O2/c1-2-3-10-21-12-9-20-18(21)16-7-5-11-22(14-16)19(24)15-6-4-8-17(23)13-15/h4,6,8-9,12-13,16,23H,2-3,5,7,10-11,14H2,1H3/t16-/m0/s1. The van der Waals surface area contributed by atoms with Gasteiger partial charge in [0.05, 0.1) is 0 Å². The zero-order chi connectivity index (χ0) is 16.9. The fourth-order valence-corrected chi connectivity index (χ4v) is 3.39. The number of phenolic OH excluding ortho intramolecular Hbond substituents is 1. The van der Waals surface area contributed by atoms with Crippen molar-refractivity contribution in [3.63, 3.8) is 0 Å². The molecule has 2 aromatic rings. The molecular formula is C19H25N3O2. The second kappa shape index (κ2) is 7.51. The highest BCUT2D eigenvalue weighted by molar-refractivity contribution is 5.94. The SMILES string of the molecule is CCCCn1ccnc1[C@H]1CCCN(C(=O)c2cccc(O)c2)C1. The summed E-state index contributed by atoms with van der Waals surface area (Å²) >= 11 is 0. The summed E-state index contributed by atoms with van der Waals surface area (Å²) < 4.78 is 2.23. The lowest BCUT2D eigenvalue weighted by atomic mass is 9.96. The van der Waals surface area contributed by atoms with E-state index in [9.17, 15) is 9.90 Å². The van der Waals surface area contributed by atoms with Crippen molar-refractivity contribution in [2.75, 3.05) is 13.1 Å². The molecule has 0 aliphatic carbocycles. The predicted molar refractivity (Wildman–Crippen MR) is 93.1 cm³/mol.